The van der Waals surface area contributed by atoms with E-state index in [1.54, 1.807) is 0 Å². The van der Waals surface area contributed by atoms with E-state index < -0.39 is 0 Å². The lowest BCUT2D eigenvalue weighted by molar-refractivity contribution is 0.0947. The quantitative estimate of drug-likeness (QED) is 0.884. The van der Waals surface area contributed by atoms with Gasteiger partial charge in [-0.25, -0.2) is 0 Å². The number of aromatic amines is 1. The lowest BCUT2D eigenvalue weighted by Gasteiger charge is -2.15. The number of nitrogens with zero attached hydrogens (tertiary/aromatic N) is 1. The van der Waals surface area contributed by atoms with Crippen molar-refractivity contribution >= 4 is 5.91 Å². The molecular formula is C15H17N3O. The summed E-state index contributed by atoms with van der Waals surface area (Å²) in [5, 5.41) is 10.1. The molecule has 1 aromatic heterocycles. The Morgan fingerprint density at radius 3 is 3.05 bits per heavy atom. The first-order chi connectivity index (χ1) is 9.31. The van der Waals surface area contributed by atoms with Crippen LogP contribution in [0.4, 0.5) is 0 Å². The average molecular weight is 255 g/mol. The highest BCUT2D eigenvalue weighted by molar-refractivity contribution is 5.95. The number of aromatic nitrogens is 2. The molecule has 0 atom stereocenters. The predicted octanol–water partition coefficient (Wildman–Crippen LogP) is 2.32. The van der Waals surface area contributed by atoms with Gasteiger partial charge in [0.15, 0.2) is 0 Å². The SMILES string of the molecule is CCCNC(=O)c1[nH]nc2c1CCc1ccccc1-2. The summed E-state index contributed by atoms with van der Waals surface area (Å²) in [6.45, 7) is 2.74. The van der Waals surface area contributed by atoms with Crippen molar-refractivity contribution in [1.29, 1.82) is 0 Å². The van der Waals surface area contributed by atoms with Crippen molar-refractivity contribution in [3.8, 4) is 11.3 Å². The molecule has 1 aromatic carbocycles. The monoisotopic (exact) mass is 255 g/mol. The maximum absolute atomic E-state index is 12.1. The largest absolute Gasteiger partial charge is 0.351 e. The third kappa shape index (κ3) is 2.03. The molecule has 0 saturated carbocycles. The van der Waals surface area contributed by atoms with Crippen LogP contribution in [0.25, 0.3) is 11.3 Å². The molecule has 0 radical (unpaired) electrons. The average Bonchev–Trinajstić information content (AvgIpc) is 2.89. The molecule has 0 fully saturated rings. The van der Waals surface area contributed by atoms with Crippen LogP contribution in [0.2, 0.25) is 0 Å². The van der Waals surface area contributed by atoms with E-state index in [-0.39, 0.29) is 5.91 Å². The highest BCUT2D eigenvalue weighted by atomic mass is 16.1. The van der Waals surface area contributed by atoms with Crippen LogP contribution < -0.4 is 5.32 Å². The number of amides is 1. The number of fused-ring (bicyclic) bond motifs is 3. The Balaban J connectivity index is 1.97. The minimum atomic E-state index is -0.0463. The maximum Gasteiger partial charge on any atom is 0.269 e. The van der Waals surface area contributed by atoms with Gasteiger partial charge < -0.3 is 5.32 Å². The summed E-state index contributed by atoms with van der Waals surface area (Å²) >= 11 is 0. The number of nitrogens with one attached hydrogen (secondary N) is 2. The second-order valence-corrected chi connectivity index (χ2v) is 4.84. The van der Waals surface area contributed by atoms with Crippen molar-refractivity contribution in [3.05, 3.63) is 41.1 Å². The number of H-pyrrole nitrogens is 1. The van der Waals surface area contributed by atoms with E-state index in [2.05, 4.69) is 27.6 Å². The van der Waals surface area contributed by atoms with Crippen LogP contribution in [0.5, 0.6) is 0 Å². The Morgan fingerprint density at radius 1 is 1.37 bits per heavy atom. The van der Waals surface area contributed by atoms with E-state index in [1.807, 2.05) is 19.1 Å². The molecule has 3 rings (SSSR count). The van der Waals surface area contributed by atoms with Gasteiger partial charge in [-0.1, -0.05) is 31.2 Å². The van der Waals surface area contributed by atoms with E-state index in [0.29, 0.717) is 12.2 Å². The molecule has 0 aliphatic heterocycles. The lowest BCUT2D eigenvalue weighted by atomic mass is 9.89. The van der Waals surface area contributed by atoms with Gasteiger partial charge in [0.25, 0.3) is 5.91 Å². The fourth-order valence-electron chi connectivity index (χ4n) is 2.58. The highest BCUT2D eigenvalue weighted by Gasteiger charge is 2.24. The van der Waals surface area contributed by atoms with Crippen molar-refractivity contribution < 1.29 is 4.79 Å². The molecule has 1 amide bonds. The molecule has 4 heteroatoms. The van der Waals surface area contributed by atoms with Gasteiger partial charge >= 0.3 is 0 Å². The molecule has 0 unspecified atom stereocenters. The van der Waals surface area contributed by atoms with Gasteiger partial charge in [-0.2, -0.15) is 5.10 Å². The van der Waals surface area contributed by atoms with Crippen LogP contribution in [0.1, 0.15) is 35.0 Å². The zero-order valence-electron chi connectivity index (χ0n) is 11.0. The lowest BCUT2D eigenvalue weighted by Crippen LogP contribution is -2.25. The van der Waals surface area contributed by atoms with Crippen LogP contribution in [0.15, 0.2) is 24.3 Å². The zero-order chi connectivity index (χ0) is 13.2. The summed E-state index contributed by atoms with van der Waals surface area (Å²) in [5.41, 5.74) is 5.06. The van der Waals surface area contributed by atoms with E-state index in [1.165, 1.54) is 5.56 Å². The van der Waals surface area contributed by atoms with Crippen molar-refractivity contribution in [1.82, 2.24) is 15.5 Å². The van der Waals surface area contributed by atoms with Crippen molar-refractivity contribution in [3.63, 3.8) is 0 Å². The van der Waals surface area contributed by atoms with Gasteiger partial charge in [-0.15, -0.1) is 0 Å². The number of rotatable bonds is 3. The summed E-state index contributed by atoms with van der Waals surface area (Å²) in [7, 11) is 0. The van der Waals surface area contributed by atoms with Crippen molar-refractivity contribution in [2.24, 2.45) is 0 Å². The third-order valence-electron chi connectivity index (χ3n) is 3.55. The molecule has 4 nitrogen and oxygen atoms in total. The van der Waals surface area contributed by atoms with Crippen LogP contribution in [-0.2, 0) is 12.8 Å². The van der Waals surface area contributed by atoms with Crippen LogP contribution in [0.3, 0.4) is 0 Å². The Kier molecular flexibility index (Phi) is 3.07. The minimum absolute atomic E-state index is 0.0463. The summed E-state index contributed by atoms with van der Waals surface area (Å²) in [4.78, 5) is 12.1. The first kappa shape index (κ1) is 12.0. The van der Waals surface area contributed by atoms with Crippen molar-refractivity contribution in [2.45, 2.75) is 26.2 Å². The second-order valence-electron chi connectivity index (χ2n) is 4.84. The van der Waals surface area contributed by atoms with E-state index in [9.17, 15) is 4.79 Å². The third-order valence-corrected chi connectivity index (χ3v) is 3.55. The summed E-state index contributed by atoms with van der Waals surface area (Å²) in [6.07, 6.45) is 2.78. The minimum Gasteiger partial charge on any atom is -0.351 e. The fraction of sp³-hybridized carbons (Fsp3) is 0.333. The number of hydrogen-bond donors (Lipinski definition) is 2. The van der Waals surface area contributed by atoms with E-state index >= 15 is 0 Å². The normalized spacial score (nSPS) is 12.7. The molecule has 0 spiro atoms. The molecule has 1 aliphatic carbocycles. The van der Waals surface area contributed by atoms with Crippen molar-refractivity contribution in [2.75, 3.05) is 6.54 Å². The topological polar surface area (TPSA) is 57.8 Å². The van der Waals surface area contributed by atoms with Gasteiger partial charge in [0.05, 0.1) is 5.69 Å². The molecule has 2 N–H and O–H groups in total. The smallest absolute Gasteiger partial charge is 0.269 e. The van der Waals surface area contributed by atoms with Crippen LogP contribution in [-0.4, -0.2) is 22.6 Å². The highest BCUT2D eigenvalue weighted by Crippen LogP contribution is 2.33. The Hall–Kier alpha value is -2.10. The predicted molar refractivity (Wildman–Crippen MR) is 74.1 cm³/mol. The molecule has 0 bridgehead atoms. The van der Waals surface area contributed by atoms with Crippen LogP contribution >= 0.6 is 0 Å². The standard InChI is InChI=1S/C15H17N3O/c1-2-9-16-15(19)14-12-8-7-10-5-3-4-6-11(10)13(12)17-18-14/h3-6H,2,7-9H2,1H3,(H,16,19)(H,17,18). The first-order valence-corrected chi connectivity index (χ1v) is 6.75. The van der Waals surface area contributed by atoms with Gasteiger partial charge in [-0.3, -0.25) is 9.89 Å². The molecule has 19 heavy (non-hydrogen) atoms. The number of carbonyl (C=O) groups is 1. The number of carbonyl (C=O) groups excluding carboxylic acids is 1. The number of aryl methyl sites for hydroxylation is 1. The zero-order valence-corrected chi connectivity index (χ0v) is 11.0. The second kappa shape index (κ2) is 4.88. The Bertz CT molecular complexity index is 616. The van der Waals surface area contributed by atoms with Gasteiger partial charge in [0, 0.05) is 17.7 Å². The summed E-state index contributed by atoms with van der Waals surface area (Å²) in [5.74, 6) is -0.0463. The Morgan fingerprint density at radius 2 is 2.21 bits per heavy atom. The molecular weight excluding hydrogens is 238 g/mol. The van der Waals surface area contributed by atoms with E-state index in [4.69, 9.17) is 0 Å². The van der Waals surface area contributed by atoms with Gasteiger partial charge in [0.1, 0.15) is 5.69 Å². The maximum atomic E-state index is 12.1. The summed E-state index contributed by atoms with van der Waals surface area (Å²) in [6, 6.07) is 8.26. The van der Waals surface area contributed by atoms with Crippen LogP contribution in [0, 0.1) is 0 Å². The van der Waals surface area contributed by atoms with Gasteiger partial charge in [-0.05, 0) is 24.8 Å². The number of benzene rings is 1. The molecule has 1 heterocycles. The fourth-order valence-corrected chi connectivity index (χ4v) is 2.58. The molecule has 98 valence electrons. The molecule has 1 aliphatic rings. The van der Waals surface area contributed by atoms with E-state index in [0.717, 1.165) is 36.1 Å². The first-order valence-electron chi connectivity index (χ1n) is 6.75. The summed E-state index contributed by atoms with van der Waals surface area (Å²) < 4.78 is 0. The molecule has 2 aromatic rings. The molecule has 0 saturated heterocycles. The Labute approximate surface area is 112 Å². The van der Waals surface area contributed by atoms with Gasteiger partial charge in [0.2, 0.25) is 0 Å². The number of hydrogen-bond acceptors (Lipinski definition) is 2.